The highest BCUT2D eigenvalue weighted by Gasteiger charge is 2.03. The molecule has 0 saturated carbocycles. The molecule has 1 aromatic rings. The van der Waals surface area contributed by atoms with Crippen LogP contribution in [0.4, 0.5) is 10.5 Å². The van der Waals surface area contributed by atoms with Crippen LogP contribution in [0.25, 0.3) is 0 Å². The van der Waals surface area contributed by atoms with E-state index in [-0.39, 0.29) is 5.24 Å². The molecule has 1 aromatic carbocycles. The van der Waals surface area contributed by atoms with Crippen molar-refractivity contribution in [2.45, 2.75) is 6.92 Å². The number of anilines is 1. The van der Waals surface area contributed by atoms with E-state index in [0.29, 0.717) is 15.7 Å². The van der Waals surface area contributed by atoms with Crippen molar-refractivity contribution in [1.29, 1.82) is 0 Å². The Balaban J connectivity index is 2.68. The molecule has 1 N–H and O–H groups in total. The number of benzene rings is 1. The van der Waals surface area contributed by atoms with Crippen LogP contribution in [0.15, 0.2) is 18.2 Å². The molecule has 0 aliphatic carbocycles. The average Bonchev–Trinajstić information content (AvgIpc) is 2.12. The number of carbonyl (C=O) groups excluding carboxylic acids is 1. The second kappa shape index (κ2) is 5.49. The minimum Gasteiger partial charge on any atom is -0.317 e. The summed E-state index contributed by atoms with van der Waals surface area (Å²) in [4.78, 5) is 11.2. The van der Waals surface area contributed by atoms with Crippen molar-refractivity contribution in [3.63, 3.8) is 0 Å². The molecule has 1 amide bonds. The summed E-state index contributed by atoms with van der Waals surface area (Å²) in [6.45, 7) is 1.92. The standard InChI is InChI=1S/C9H9Cl2NOS/c1-2-14-9(13)12-6-3-4-7(10)8(11)5-6/h3-5H,2H2,1H3,(H,12,13). The van der Waals surface area contributed by atoms with Crippen LogP contribution in [-0.4, -0.2) is 11.0 Å². The Morgan fingerprint density at radius 1 is 1.43 bits per heavy atom. The van der Waals surface area contributed by atoms with Gasteiger partial charge < -0.3 is 5.32 Å². The first kappa shape index (κ1) is 11.7. The van der Waals surface area contributed by atoms with Crippen LogP contribution in [0.3, 0.4) is 0 Å². The minimum absolute atomic E-state index is 0.0918. The van der Waals surface area contributed by atoms with Gasteiger partial charge in [0.15, 0.2) is 0 Å². The van der Waals surface area contributed by atoms with Gasteiger partial charge in [0, 0.05) is 5.69 Å². The lowest BCUT2D eigenvalue weighted by atomic mass is 10.3. The fraction of sp³-hybridized carbons (Fsp3) is 0.222. The number of thioether (sulfide) groups is 1. The normalized spacial score (nSPS) is 9.93. The Morgan fingerprint density at radius 3 is 2.71 bits per heavy atom. The molecule has 0 fully saturated rings. The number of hydrogen-bond acceptors (Lipinski definition) is 2. The van der Waals surface area contributed by atoms with Crippen LogP contribution in [0, 0.1) is 0 Å². The molecule has 0 aliphatic heterocycles. The summed E-state index contributed by atoms with van der Waals surface area (Å²) < 4.78 is 0. The summed E-state index contributed by atoms with van der Waals surface area (Å²) >= 11 is 12.7. The van der Waals surface area contributed by atoms with E-state index in [2.05, 4.69) is 5.32 Å². The van der Waals surface area contributed by atoms with Crippen LogP contribution >= 0.6 is 35.0 Å². The summed E-state index contributed by atoms with van der Waals surface area (Å²) in [5.41, 5.74) is 0.658. The zero-order chi connectivity index (χ0) is 10.6. The smallest absolute Gasteiger partial charge is 0.283 e. The molecule has 2 nitrogen and oxygen atoms in total. The first-order chi connectivity index (χ1) is 6.63. The first-order valence-electron chi connectivity index (χ1n) is 4.02. The van der Waals surface area contributed by atoms with Crippen molar-refractivity contribution >= 4 is 45.9 Å². The molecule has 14 heavy (non-hydrogen) atoms. The second-order valence-electron chi connectivity index (χ2n) is 2.47. The van der Waals surface area contributed by atoms with Gasteiger partial charge in [-0.3, -0.25) is 4.79 Å². The average molecular weight is 250 g/mol. The van der Waals surface area contributed by atoms with Gasteiger partial charge in [0.25, 0.3) is 5.24 Å². The Bertz CT molecular complexity index is 344. The molecule has 0 unspecified atom stereocenters. The predicted molar refractivity (Wildman–Crippen MR) is 63.6 cm³/mol. The third-order valence-corrected chi connectivity index (χ3v) is 2.83. The summed E-state index contributed by atoms with van der Waals surface area (Å²) in [5.74, 6) is 0.743. The molecule has 0 aromatic heterocycles. The van der Waals surface area contributed by atoms with Crippen molar-refractivity contribution in [2.75, 3.05) is 11.1 Å². The molecule has 0 radical (unpaired) electrons. The van der Waals surface area contributed by atoms with Crippen LogP contribution in [0.2, 0.25) is 10.0 Å². The van der Waals surface area contributed by atoms with Crippen LogP contribution < -0.4 is 5.32 Å². The lowest BCUT2D eigenvalue weighted by Gasteiger charge is -2.04. The topological polar surface area (TPSA) is 29.1 Å². The maximum absolute atomic E-state index is 11.2. The Labute approximate surface area is 97.0 Å². The van der Waals surface area contributed by atoms with Gasteiger partial charge >= 0.3 is 0 Å². The van der Waals surface area contributed by atoms with Crippen molar-refractivity contribution in [2.24, 2.45) is 0 Å². The number of halogens is 2. The van der Waals surface area contributed by atoms with E-state index in [1.165, 1.54) is 11.8 Å². The first-order valence-corrected chi connectivity index (χ1v) is 5.76. The van der Waals surface area contributed by atoms with Gasteiger partial charge in [-0.2, -0.15) is 0 Å². The van der Waals surface area contributed by atoms with Crippen LogP contribution in [0.5, 0.6) is 0 Å². The molecule has 1 rings (SSSR count). The van der Waals surface area contributed by atoms with Crippen molar-refractivity contribution in [3.05, 3.63) is 28.2 Å². The van der Waals surface area contributed by atoms with Gasteiger partial charge in [0.05, 0.1) is 10.0 Å². The summed E-state index contributed by atoms with van der Waals surface area (Å²) in [6, 6.07) is 4.98. The largest absolute Gasteiger partial charge is 0.317 e. The number of carbonyl (C=O) groups is 1. The molecule has 0 atom stereocenters. The Kier molecular flexibility index (Phi) is 4.58. The molecule has 0 heterocycles. The molecule has 76 valence electrons. The molecular weight excluding hydrogens is 241 g/mol. The van der Waals surface area contributed by atoms with E-state index in [9.17, 15) is 4.79 Å². The maximum Gasteiger partial charge on any atom is 0.283 e. The Morgan fingerprint density at radius 2 is 2.14 bits per heavy atom. The zero-order valence-corrected chi connectivity index (χ0v) is 9.84. The van der Waals surface area contributed by atoms with Crippen molar-refractivity contribution < 1.29 is 4.79 Å². The third-order valence-electron chi connectivity index (χ3n) is 1.44. The van der Waals surface area contributed by atoms with Gasteiger partial charge in [-0.25, -0.2) is 0 Å². The van der Waals surface area contributed by atoms with E-state index in [1.807, 2.05) is 6.92 Å². The molecule has 0 spiro atoms. The second-order valence-corrected chi connectivity index (χ2v) is 4.53. The highest BCUT2D eigenvalue weighted by atomic mass is 35.5. The molecule has 0 saturated heterocycles. The fourth-order valence-corrected chi connectivity index (χ4v) is 1.61. The van der Waals surface area contributed by atoms with Crippen LogP contribution in [-0.2, 0) is 0 Å². The quantitative estimate of drug-likeness (QED) is 0.848. The van der Waals surface area contributed by atoms with E-state index in [1.54, 1.807) is 18.2 Å². The maximum atomic E-state index is 11.2. The van der Waals surface area contributed by atoms with Gasteiger partial charge in [-0.1, -0.05) is 41.9 Å². The number of rotatable bonds is 2. The monoisotopic (exact) mass is 249 g/mol. The third kappa shape index (κ3) is 3.40. The Hall–Kier alpha value is -0.380. The van der Waals surface area contributed by atoms with E-state index in [0.717, 1.165) is 5.75 Å². The lowest BCUT2D eigenvalue weighted by molar-refractivity contribution is 0.270. The molecule has 5 heteroatoms. The van der Waals surface area contributed by atoms with E-state index >= 15 is 0 Å². The number of hydrogen-bond donors (Lipinski definition) is 1. The molecular formula is C9H9Cl2NOS. The van der Waals surface area contributed by atoms with E-state index in [4.69, 9.17) is 23.2 Å². The fourth-order valence-electron chi connectivity index (χ4n) is 0.859. The van der Waals surface area contributed by atoms with Crippen molar-refractivity contribution in [1.82, 2.24) is 0 Å². The number of nitrogens with one attached hydrogen (secondary N) is 1. The lowest BCUT2D eigenvalue weighted by Crippen LogP contribution is -2.04. The SMILES string of the molecule is CCSC(=O)Nc1ccc(Cl)c(Cl)c1. The van der Waals surface area contributed by atoms with Crippen LogP contribution in [0.1, 0.15) is 6.92 Å². The van der Waals surface area contributed by atoms with Gasteiger partial charge in [0.2, 0.25) is 0 Å². The summed E-state index contributed by atoms with van der Waals surface area (Å²) in [7, 11) is 0. The zero-order valence-electron chi connectivity index (χ0n) is 7.51. The number of amides is 1. The van der Waals surface area contributed by atoms with Gasteiger partial charge in [-0.15, -0.1) is 0 Å². The summed E-state index contributed by atoms with van der Waals surface area (Å²) in [6.07, 6.45) is 0. The summed E-state index contributed by atoms with van der Waals surface area (Å²) in [5, 5.41) is 3.52. The van der Waals surface area contributed by atoms with Gasteiger partial charge in [-0.05, 0) is 24.0 Å². The van der Waals surface area contributed by atoms with E-state index < -0.39 is 0 Å². The van der Waals surface area contributed by atoms with Gasteiger partial charge in [0.1, 0.15) is 0 Å². The molecule has 0 bridgehead atoms. The highest BCUT2D eigenvalue weighted by molar-refractivity contribution is 8.13. The minimum atomic E-state index is -0.0918. The van der Waals surface area contributed by atoms with Crippen molar-refractivity contribution in [3.8, 4) is 0 Å². The predicted octanol–water partition coefficient (Wildman–Crippen LogP) is 4.28. The molecule has 0 aliphatic rings. The highest BCUT2D eigenvalue weighted by Crippen LogP contribution is 2.25.